The number of oxazole rings is 1. The van der Waals surface area contributed by atoms with E-state index in [0.717, 1.165) is 0 Å². The minimum atomic E-state index is -0.0953. The second-order valence-electron chi connectivity index (χ2n) is 6.69. The molecule has 150 valence electrons. The molecule has 2 heterocycles. The Morgan fingerprint density at radius 3 is 2.07 bits per heavy atom. The van der Waals surface area contributed by atoms with E-state index in [2.05, 4.69) is 4.98 Å². The number of hydrogen-bond acceptors (Lipinski definition) is 6. The molecule has 0 aliphatic carbocycles. The van der Waals surface area contributed by atoms with Crippen LogP contribution in [0.15, 0.2) is 47.2 Å². The molecular weight excluding hydrogens is 374 g/mol. The Labute approximate surface area is 167 Å². The van der Waals surface area contributed by atoms with Gasteiger partial charge in [-0.15, -0.1) is 0 Å². The van der Waals surface area contributed by atoms with E-state index < -0.39 is 0 Å². The van der Waals surface area contributed by atoms with Crippen molar-refractivity contribution in [3.63, 3.8) is 0 Å². The van der Waals surface area contributed by atoms with Crippen molar-refractivity contribution in [1.82, 2.24) is 14.8 Å². The molecule has 8 heteroatoms. The molecule has 0 radical (unpaired) electrons. The Morgan fingerprint density at radius 1 is 0.862 bits per heavy atom. The van der Waals surface area contributed by atoms with Crippen LogP contribution in [0.25, 0.3) is 11.1 Å². The Kier molecular flexibility index (Phi) is 5.07. The second kappa shape index (κ2) is 7.83. The van der Waals surface area contributed by atoms with E-state index in [0.29, 0.717) is 59.9 Å². The van der Waals surface area contributed by atoms with Gasteiger partial charge in [-0.25, -0.2) is 4.98 Å². The molecule has 2 amide bonds. The number of hydrogen-bond donors (Lipinski definition) is 0. The van der Waals surface area contributed by atoms with Crippen LogP contribution in [-0.4, -0.2) is 67.0 Å². The van der Waals surface area contributed by atoms with Crippen LogP contribution in [0.1, 0.15) is 20.7 Å². The summed E-state index contributed by atoms with van der Waals surface area (Å²) in [6.45, 7) is 1.86. The number of rotatable bonds is 4. The zero-order valence-electron chi connectivity index (χ0n) is 16.3. The highest BCUT2D eigenvalue weighted by Crippen LogP contribution is 2.28. The SMILES string of the molecule is COc1ccc(C(=O)N2CCN(C(=O)c3ccc4ocnc4c3)CC2)cc1OC. The standard InChI is InChI=1S/C21H21N3O5/c1-27-18-6-4-15(12-19(18)28-2)21(26)24-9-7-23(8-10-24)20(25)14-3-5-17-16(11-14)22-13-29-17/h3-6,11-13H,7-10H2,1-2H3. The van der Waals surface area contributed by atoms with Gasteiger partial charge in [0.2, 0.25) is 0 Å². The first-order valence-electron chi connectivity index (χ1n) is 9.24. The molecule has 1 aliphatic rings. The molecule has 8 nitrogen and oxygen atoms in total. The molecule has 3 aromatic rings. The lowest BCUT2D eigenvalue weighted by atomic mass is 10.1. The number of methoxy groups -OCH3 is 2. The van der Waals surface area contributed by atoms with E-state index in [1.54, 1.807) is 53.3 Å². The van der Waals surface area contributed by atoms with Crippen LogP contribution >= 0.6 is 0 Å². The van der Waals surface area contributed by atoms with Crippen LogP contribution in [0.4, 0.5) is 0 Å². The summed E-state index contributed by atoms with van der Waals surface area (Å²) in [5, 5.41) is 0. The smallest absolute Gasteiger partial charge is 0.254 e. The minimum Gasteiger partial charge on any atom is -0.493 e. The van der Waals surface area contributed by atoms with Gasteiger partial charge >= 0.3 is 0 Å². The average molecular weight is 395 g/mol. The molecule has 1 saturated heterocycles. The third-order valence-electron chi connectivity index (χ3n) is 5.06. The molecular formula is C21H21N3O5. The maximum atomic E-state index is 12.8. The van der Waals surface area contributed by atoms with Gasteiger partial charge in [0.15, 0.2) is 23.5 Å². The Morgan fingerprint density at radius 2 is 1.45 bits per heavy atom. The number of amides is 2. The third-order valence-corrected chi connectivity index (χ3v) is 5.06. The Balaban J connectivity index is 1.42. The predicted octanol–water partition coefficient (Wildman–Crippen LogP) is 2.44. The highest BCUT2D eigenvalue weighted by atomic mass is 16.5. The summed E-state index contributed by atoms with van der Waals surface area (Å²) in [7, 11) is 3.09. The maximum Gasteiger partial charge on any atom is 0.254 e. The fourth-order valence-electron chi connectivity index (χ4n) is 3.44. The first-order valence-corrected chi connectivity index (χ1v) is 9.24. The summed E-state index contributed by atoms with van der Waals surface area (Å²) >= 11 is 0. The number of nitrogens with zero attached hydrogens (tertiary/aromatic N) is 3. The van der Waals surface area contributed by atoms with Crippen molar-refractivity contribution < 1.29 is 23.5 Å². The molecule has 0 bridgehead atoms. The molecule has 4 rings (SSSR count). The summed E-state index contributed by atoms with van der Waals surface area (Å²) in [5.74, 6) is 0.911. The lowest BCUT2D eigenvalue weighted by Crippen LogP contribution is -2.50. The molecule has 1 aromatic heterocycles. The number of carbonyl (C=O) groups excluding carboxylic acids is 2. The summed E-state index contributed by atoms with van der Waals surface area (Å²) in [6.07, 6.45) is 1.36. The van der Waals surface area contributed by atoms with Crippen LogP contribution < -0.4 is 9.47 Å². The topological polar surface area (TPSA) is 85.1 Å². The summed E-state index contributed by atoms with van der Waals surface area (Å²) in [5.41, 5.74) is 2.38. The van der Waals surface area contributed by atoms with Crippen molar-refractivity contribution in [3.05, 3.63) is 53.9 Å². The van der Waals surface area contributed by atoms with Crippen molar-refractivity contribution in [2.24, 2.45) is 0 Å². The first-order chi connectivity index (χ1) is 14.1. The monoisotopic (exact) mass is 395 g/mol. The van der Waals surface area contributed by atoms with Crippen LogP contribution in [-0.2, 0) is 0 Å². The number of aromatic nitrogens is 1. The lowest BCUT2D eigenvalue weighted by molar-refractivity contribution is 0.0535. The minimum absolute atomic E-state index is 0.0758. The average Bonchev–Trinajstić information content (AvgIpc) is 3.25. The number of carbonyl (C=O) groups is 2. The van der Waals surface area contributed by atoms with Crippen LogP contribution in [0, 0.1) is 0 Å². The van der Waals surface area contributed by atoms with E-state index in [1.807, 2.05) is 0 Å². The van der Waals surface area contributed by atoms with E-state index >= 15 is 0 Å². The summed E-state index contributed by atoms with van der Waals surface area (Å²) in [6, 6.07) is 10.3. The predicted molar refractivity (Wildman–Crippen MR) is 105 cm³/mol. The van der Waals surface area contributed by atoms with Gasteiger partial charge in [0.05, 0.1) is 14.2 Å². The molecule has 29 heavy (non-hydrogen) atoms. The fourth-order valence-corrected chi connectivity index (χ4v) is 3.44. The zero-order chi connectivity index (χ0) is 20.4. The van der Waals surface area contributed by atoms with E-state index in [4.69, 9.17) is 13.9 Å². The van der Waals surface area contributed by atoms with E-state index in [1.165, 1.54) is 13.5 Å². The quantitative estimate of drug-likeness (QED) is 0.675. The summed E-state index contributed by atoms with van der Waals surface area (Å²) < 4.78 is 15.7. The largest absolute Gasteiger partial charge is 0.493 e. The van der Waals surface area contributed by atoms with Crippen LogP contribution in [0.2, 0.25) is 0 Å². The molecule has 1 fully saturated rings. The van der Waals surface area contributed by atoms with Gasteiger partial charge in [-0.1, -0.05) is 0 Å². The normalized spacial score (nSPS) is 14.1. The van der Waals surface area contributed by atoms with Crippen molar-refractivity contribution in [3.8, 4) is 11.5 Å². The van der Waals surface area contributed by atoms with Crippen LogP contribution in [0.5, 0.6) is 11.5 Å². The molecule has 2 aromatic carbocycles. The second-order valence-corrected chi connectivity index (χ2v) is 6.69. The number of ether oxygens (including phenoxy) is 2. The number of piperazine rings is 1. The Bertz CT molecular complexity index is 1050. The number of benzene rings is 2. The molecule has 0 N–H and O–H groups in total. The molecule has 0 atom stereocenters. The molecule has 0 saturated carbocycles. The van der Waals surface area contributed by atoms with Gasteiger partial charge in [0, 0.05) is 37.3 Å². The molecule has 0 unspecified atom stereocenters. The molecule has 1 aliphatic heterocycles. The van der Waals surface area contributed by atoms with Gasteiger partial charge in [-0.2, -0.15) is 0 Å². The van der Waals surface area contributed by atoms with E-state index in [9.17, 15) is 9.59 Å². The van der Waals surface area contributed by atoms with Crippen LogP contribution in [0.3, 0.4) is 0 Å². The highest BCUT2D eigenvalue weighted by molar-refractivity contribution is 5.98. The van der Waals surface area contributed by atoms with Crippen molar-refractivity contribution >= 4 is 22.9 Å². The first kappa shape index (κ1) is 18.8. The van der Waals surface area contributed by atoms with Gasteiger partial charge in [0.1, 0.15) is 5.52 Å². The third kappa shape index (κ3) is 3.61. The van der Waals surface area contributed by atoms with Crippen molar-refractivity contribution in [2.45, 2.75) is 0 Å². The maximum absolute atomic E-state index is 12.8. The van der Waals surface area contributed by atoms with Crippen molar-refractivity contribution in [1.29, 1.82) is 0 Å². The van der Waals surface area contributed by atoms with Gasteiger partial charge in [-0.3, -0.25) is 9.59 Å². The summed E-state index contributed by atoms with van der Waals surface area (Å²) in [4.78, 5) is 33.2. The van der Waals surface area contributed by atoms with Gasteiger partial charge in [-0.05, 0) is 36.4 Å². The molecule has 0 spiro atoms. The fraction of sp³-hybridized carbons (Fsp3) is 0.286. The highest BCUT2D eigenvalue weighted by Gasteiger charge is 2.26. The number of fused-ring (bicyclic) bond motifs is 1. The van der Waals surface area contributed by atoms with Gasteiger partial charge < -0.3 is 23.7 Å². The van der Waals surface area contributed by atoms with Crippen molar-refractivity contribution in [2.75, 3.05) is 40.4 Å². The zero-order valence-corrected chi connectivity index (χ0v) is 16.3. The Hall–Kier alpha value is -3.55. The van der Waals surface area contributed by atoms with E-state index in [-0.39, 0.29) is 11.8 Å². The lowest BCUT2D eigenvalue weighted by Gasteiger charge is -2.35. The van der Waals surface area contributed by atoms with Gasteiger partial charge in [0.25, 0.3) is 11.8 Å².